The third-order valence-corrected chi connectivity index (χ3v) is 1.72. The van der Waals surface area contributed by atoms with E-state index in [2.05, 4.69) is 5.32 Å². The van der Waals surface area contributed by atoms with Crippen LogP contribution in [0.4, 0.5) is 0 Å². The minimum Gasteiger partial charge on any atom is -0.377 e. The van der Waals surface area contributed by atoms with Gasteiger partial charge in [0.25, 0.3) is 0 Å². The van der Waals surface area contributed by atoms with E-state index in [9.17, 15) is 0 Å². The molecule has 1 aliphatic heterocycles. The molecule has 0 spiro atoms. The number of ether oxygens (including phenoxy) is 1. The second-order valence-corrected chi connectivity index (χ2v) is 2.63. The van der Waals surface area contributed by atoms with Crippen molar-refractivity contribution in [1.82, 2.24) is 5.32 Å². The highest BCUT2D eigenvalue weighted by molar-refractivity contribution is 4.66. The summed E-state index contributed by atoms with van der Waals surface area (Å²) in [7, 11) is 0. The summed E-state index contributed by atoms with van der Waals surface area (Å²) in [5, 5.41) is 3.23. The molecule has 0 aliphatic carbocycles. The average molecular weight is 144 g/mol. The van der Waals surface area contributed by atoms with Crippen molar-refractivity contribution >= 4 is 0 Å². The molecule has 3 N–H and O–H groups in total. The molecule has 1 unspecified atom stereocenters. The Morgan fingerprint density at radius 3 is 3.10 bits per heavy atom. The number of hydrogen-bond donors (Lipinski definition) is 2. The molecule has 1 saturated heterocycles. The van der Waals surface area contributed by atoms with E-state index in [0.717, 1.165) is 19.7 Å². The molecular formula is C7H16N2O. The van der Waals surface area contributed by atoms with Crippen LogP contribution < -0.4 is 11.1 Å². The lowest BCUT2D eigenvalue weighted by molar-refractivity contribution is 0.110. The second kappa shape index (κ2) is 4.66. The van der Waals surface area contributed by atoms with Crippen molar-refractivity contribution in [3.05, 3.63) is 0 Å². The Kier molecular flexibility index (Phi) is 3.72. The van der Waals surface area contributed by atoms with E-state index < -0.39 is 0 Å². The van der Waals surface area contributed by atoms with Crippen LogP contribution in [0.25, 0.3) is 0 Å². The first-order valence-electron chi connectivity index (χ1n) is 3.96. The Bertz CT molecular complexity index is 81.7. The minimum atomic E-state index is 0.451. The molecule has 0 aromatic heterocycles. The first-order chi connectivity index (χ1) is 4.93. The van der Waals surface area contributed by atoms with Gasteiger partial charge in [0.2, 0.25) is 0 Å². The molecule has 0 aromatic carbocycles. The van der Waals surface area contributed by atoms with Crippen LogP contribution in [-0.4, -0.2) is 32.3 Å². The molecule has 0 radical (unpaired) electrons. The zero-order valence-corrected chi connectivity index (χ0v) is 6.31. The lowest BCUT2D eigenvalue weighted by Gasteiger charge is -2.08. The van der Waals surface area contributed by atoms with E-state index in [4.69, 9.17) is 10.5 Å². The Morgan fingerprint density at radius 1 is 1.60 bits per heavy atom. The van der Waals surface area contributed by atoms with E-state index in [0.29, 0.717) is 12.6 Å². The molecule has 1 rings (SSSR count). The van der Waals surface area contributed by atoms with Crippen LogP contribution in [0.3, 0.4) is 0 Å². The standard InChI is InChI=1S/C7H16N2O/c8-3-4-9-6-7-2-1-5-10-7/h7,9H,1-6,8H2. The van der Waals surface area contributed by atoms with E-state index >= 15 is 0 Å². The molecule has 10 heavy (non-hydrogen) atoms. The van der Waals surface area contributed by atoms with Crippen molar-refractivity contribution in [1.29, 1.82) is 0 Å². The quantitative estimate of drug-likeness (QED) is 0.533. The van der Waals surface area contributed by atoms with Crippen LogP contribution in [0, 0.1) is 0 Å². The van der Waals surface area contributed by atoms with Gasteiger partial charge in [-0.25, -0.2) is 0 Å². The summed E-state index contributed by atoms with van der Waals surface area (Å²) in [6, 6.07) is 0. The van der Waals surface area contributed by atoms with Crippen molar-refractivity contribution in [2.45, 2.75) is 18.9 Å². The minimum absolute atomic E-state index is 0.451. The Balaban J connectivity index is 1.91. The molecule has 0 bridgehead atoms. The zero-order chi connectivity index (χ0) is 7.23. The van der Waals surface area contributed by atoms with Crippen LogP contribution in [0.2, 0.25) is 0 Å². The molecule has 3 nitrogen and oxygen atoms in total. The Morgan fingerprint density at radius 2 is 2.50 bits per heavy atom. The van der Waals surface area contributed by atoms with Crippen LogP contribution in [0.15, 0.2) is 0 Å². The molecule has 0 amide bonds. The molecule has 1 atom stereocenters. The predicted octanol–water partition coefficient (Wildman–Crippen LogP) is -0.286. The van der Waals surface area contributed by atoms with Gasteiger partial charge in [0.15, 0.2) is 0 Å². The molecule has 1 heterocycles. The van der Waals surface area contributed by atoms with E-state index in [1.54, 1.807) is 0 Å². The molecule has 60 valence electrons. The van der Waals surface area contributed by atoms with E-state index in [1.165, 1.54) is 12.8 Å². The van der Waals surface area contributed by atoms with Gasteiger partial charge in [-0.15, -0.1) is 0 Å². The zero-order valence-electron chi connectivity index (χ0n) is 6.31. The Labute approximate surface area is 61.9 Å². The van der Waals surface area contributed by atoms with Crippen LogP contribution >= 0.6 is 0 Å². The number of nitrogens with one attached hydrogen (secondary N) is 1. The molecule has 1 aliphatic rings. The summed E-state index contributed by atoms with van der Waals surface area (Å²) in [4.78, 5) is 0. The lowest BCUT2D eigenvalue weighted by atomic mass is 10.2. The van der Waals surface area contributed by atoms with Gasteiger partial charge in [-0.1, -0.05) is 0 Å². The summed E-state index contributed by atoms with van der Waals surface area (Å²) in [5.41, 5.74) is 5.31. The summed E-state index contributed by atoms with van der Waals surface area (Å²) in [5.74, 6) is 0. The number of nitrogens with two attached hydrogens (primary N) is 1. The van der Waals surface area contributed by atoms with Gasteiger partial charge in [0.1, 0.15) is 0 Å². The van der Waals surface area contributed by atoms with Gasteiger partial charge >= 0.3 is 0 Å². The van der Waals surface area contributed by atoms with Gasteiger partial charge in [0.05, 0.1) is 6.10 Å². The van der Waals surface area contributed by atoms with Crippen molar-refractivity contribution in [3.8, 4) is 0 Å². The summed E-state index contributed by atoms with van der Waals surface area (Å²) < 4.78 is 5.40. The van der Waals surface area contributed by atoms with Gasteiger partial charge in [0, 0.05) is 26.2 Å². The first-order valence-corrected chi connectivity index (χ1v) is 3.96. The maximum atomic E-state index is 5.40. The van der Waals surface area contributed by atoms with Crippen molar-refractivity contribution in [2.24, 2.45) is 5.73 Å². The largest absolute Gasteiger partial charge is 0.377 e. The SMILES string of the molecule is NCCNCC1CCCO1. The average Bonchev–Trinajstić information content (AvgIpc) is 2.41. The van der Waals surface area contributed by atoms with Crippen molar-refractivity contribution in [2.75, 3.05) is 26.2 Å². The maximum absolute atomic E-state index is 5.40. The predicted molar refractivity (Wildman–Crippen MR) is 40.9 cm³/mol. The lowest BCUT2D eigenvalue weighted by Crippen LogP contribution is -2.30. The summed E-state index contributed by atoms with van der Waals surface area (Å²) in [6.07, 6.45) is 2.87. The number of rotatable bonds is 4. The third kappa shape index (κ3) is 2.64. The highest BCUT2D eigenvalue weighted by atomic mass is 16.5. The summed E-state index contributed by atoms with van der Waals surface area (Å²) in [6.45, 7) is 3.53. The molecular weight excluding hydrogens is 128 g/mol. The fourth-order valence-electron chi connectivity index (χ4n) is 1.17. The van der Waals surface area contributed by atoms with Crippen LogP contribution in [-0.2, 0) is 4.74 Å². The molecule has 3 heteroatoms. The fraction of sp³-hybridized carbons (Fsp3) is 1.00. The van der Waals surface area contributed by atoms with Gasteiger partial charge < -0.3 is 15.8 Å². The fourth-order valence-corrected chi connectivity index (χ4v) is 1.17. The smallest absolute Gasteiger partial charge is 0.0700 e. The topological polar surface area (TPSA) is 47.3 Å². The highest BCUT2D eigenvalue weighted by Crippen LogP contribution is 2.09. The van der Waals surface area contributed by atoms with Crippen LogP contribution in [0.1, 0.15) is 12.8 Å². The van der Waals surface area contributed by atoms with Crippen molar-refractivity contribution < 1.29 is 4.74 Å². The number of hydrogen-bond acceptors (Lipinski definition) is 3. The molecule has 0 saturated carbocycles. The third-order valence-electron chi connectivity index (χ3n) is 1.72. The van der Waals surface area contributed by atoms with Gasteiger partial charge in [-0.2, -0.15) is 0 Å². The van der Waals surface area contributed by atoms with E-state index in [-0.39, 0.29) is 0 Å². The van der Waals surface area contributed by atoms with Gasteiger partial charge in [-0.05, 0) is 12.8 Å². The van der Waals surface area contributed by atoms with Gasteiger partial charge in [-0.3, -0.25) is 0 Å². The van der Waals surface area contributed by atoms with E-state index in [1.807, 2.05) is 0 Å². The first kappa shape index (κ1) is 7.98. The van der Waals surface area contributed by atoms with Crippen LogP contribution in [0.5, 0.6) is 0 Å². The monoisotopic (exact) mass is 144 g/mol. The Hall–Kier alpha value is -0.120. The molecule has 1 fully saturated rings. The second-order valence-electron chi connectivity index (χ2n) is 2.63. The summed E-state index contributed by atoms with van der Waals surface area (Å²) >= 11 is 0. The highest BCUT2D eigenvalue weighted by Gasteiger charge is 2.13. The maximum Gasteiger partial charge on any atom is 0.0700 e. The molecule has 0 aromatic rings. The van der Waals surface area contributed by atoms with Crippen molar-refractivity contribution in [3.63, 3.8) is 0 Å². The normalized spacial score (nSPS) is 25.5.